The molecule has 0 spiro atoms. The molecule has 4 rings (SSSR count). The maximum absolute atomic E-state index is 5.24. The van der Waals surface area contributed by atoms with Crippen molar-refractivity contribution in [3.05, 3.63) is 66.2 Å². The average Bonchev–Trinajstić information content (AvgIpc) is 2.98. The highest BCUT2D eigenvalue weighted by Gasteiger charge is 2.09. The van der Waals surface area contributed by atoms with E-state index in [1.807, 2.05) is 23.5 Å². The summed E-state index contributed by atoms with van der Waals surface area (Å²) in [5, 5.41) is 2.68. The molecule has 0 bridgehead atoms. The van der Waals surface area contributed by atoms with Gasteiger partial charge >= 0.3 is 0 Å². The average molecular weight is 333 g/mol. The molecule has 0 saturated heterocycles. The summed E-state index contributed by atoms with van der Waals surface area (Å²) in [6.45, 7) is 2.15. The molecule has 0 radical (unpaired) electrons. The predicted octanol–water partition coefficient (Wildman–Crippen LogP) is 6.14. The second-order valence-corrected chi connectivity index (χ2v) is 7.12. The number of aryl methyl sites for hydroxylation is 1. The lowest BCUT2D eigenvalue weighted by Crippen LogP contribution is -2.08. The number of hydrogen-bond acceptors (Lipinski definition) is 3. The van der Waals surface area contributed by atoms with Gasteiger partial charge in [-0.2, -0.15) is 0 Å². The van der Waals surface area contributed by atoms with Gasteiger partial charge in [-0.1, -0.05) is 11.6 Å². The minimum atomic E-state index is 0.877. The van der Waals surface area contributed by atoms with Gasteiger partial charge in [-0.15, -0.1) is 11.3 Å². The molecule has 3 heteroatoms. The fraction of sp³-hybridized carbons (Fsp3) is 0.143. The van der Waals surface area contributed by atoms with Crippen LogP contribution in [0.1, 0.15) is 5.56 Å². The van der Waals surface area contributed by atoms with E-state index in [2.05, 4.69) is 67.4 Å². The molecule has 0 unspecified atom stereocenters. The zero-order chi connectivity index (χ0) is 16.7. The first-order valence-corrected chi connectivity index (χ1v) is 8.78. The summed E-state index contributed by atoms with van der Waals surface area (Å²) >= 11 is 1.86. The van der Waals surface area contributed by atoms with Crippen LogP contribution in [0.2, 0.25) is 0 Å². The first-order valence-electron chi connectivity index (χ1n) is 7.96. The molecule has 4 aromatic rings. The van der Waals surface area contributed by atoms with Gasteiger partial charge in [0.25, 0.3) is 0 Å². The highest BCUT2D eigenvalue weighted by Crippen LogP contribution is 2.37. The molecule has 24 heavy (non-hydrogen) atoms. The van der Waals surface area contributed by atoms with Crippen LogP contribution in [0.15, 0.2) is 60.7 Å². The second kappa shape index (κ2) is 5.84. The summed E-state index contributed by atoms with van der Waals surface area (Å²) in [6.07, 6.45) is 0. The van der Waals surface area contributed by atoms with Gasteiger partial charge in [0.15, 0.2) is 0 Å². The van der Waals surface area contributed by atoms with Crippen LogP contribution in [0.3, 0.4) is 0 Å². The van der Waals surface area contributed by atoms with Crippen molar-refractivity contribution >= 4 is 42.9 Å². The van der Waals surface area contributed by atoms with Crippen molar-refractivity contribution in [2.75, 3.05) is 19.1 Å². The molecule has 0 aliphatic rings. The van der Waals surface area contributed by atoms with Crippen LogP contribution in [0.4, 0.5) is 11.4 Å². The maximum Gasteiger partial charge on any atom is 0.119 e. The Morgan fingerprint density at radius 2 is 1.42 bits per heavy atom. The Bertz CT molecular complexity index is 1020. The van der Waals surface area contributed by atoms with E-state index in [1.165, 1.54) is 31.4 Å². The third-order valence-electron chi connectivity index (χ3n) is 4.46. The fourth-order valence-corrected chi connectivity index (χ4v) is 4.11. The van der Waals surface area contributed by atoms with E-state index in [4.69, 9.17) is 4.74 Å². The zero-order valence-corrected chi connectivity index (χ0v) is 14.9. The van der Waals surface area contributed by atoms with Crippen LogP contribution in [-0.2, 0) is 0 Å². The third kappa shape index (κ3) is 2.51. The molecule has 0 N–H and O–H groups in total. The largest absolute Gasteiger partial charge is 0.497 e. The number of benzene rings is 3. The van der Waals surface area contributed by atoms with Gasteiger partial charge < -0.3 is 9.64 Å². The van der Waals surface area contributed by atoms with Crippen LogP contribution in [0, 0.1) is 6.92 Å². The van der Waals surface area contributed by atoms with E-state index in [1.54, 1.807) is 7.11 Å². The highest BCUT2D eigenvalue weighted by molar-refractivity contribution is 7.25. The number of thiophene rings is 1. The van der Waals surface area contributed by atoms with Crippen LogP contribution in [0.5, 0.6) is 5.75 Å². The summed E-state index contributed by atoms with van der Waals surface area (Å²) < 4.78 is 7.93. The molecule has 0 atom stereocenters. The Labute approximate surface area is 145 Å². The Balaban J connectivity index is 1.80. The highest BCUT2D eigenvalue weighted by atomic mass is 32.1. The molecular formula is C21H19NOS. The quantitative estimate of drug-likeness (QED) is 0.446. The van der Waals surface area contributed by atoms with Crippen molar-refractivity contribution in [2.24, 2.45) is 0 Å². The van der Waals surface area contributed by atoms with E-state index >= 15 is 0 Å². The topological polar surface area (TPSA) is 12.5 Å². The fourth-order valence-electron chi connectivity index (χ4n) is 3.04. The number of hydrogen-bond donors (Lipinski definition) is 0. The molecular weight excluding hydrogens is 314 g/mol. The molecule has 0 aliphatic heterocycles. The van der Waals surface area contributed by atoms with Gasteiger partial charge in [-0.3, -0.25) is 0 Å². The maximum atomic E-state index is 5.24. The lowest BCUT2D eigenvalue weighted by molar-refractivity contribution is 0.415. The number of ether oxygens (including phenoxy) is 1. The first-order chi connectivity index (χ1) is 11.7. The third-order valence-corrected chi connectivity index (χ3v) is 5.61. The molecule has 1 aromatic heterocycles. The van der Waals surface area contributed by atoms with E-state index in [9.17, 15) is 0 Å². The van der Waals surface area contributed by atoms with E-state index in [0.29, 0.717) is 0 Å². The molecule has 0 aliphatic carbocycles. The summed E-state index contributed by atoms with van der Waals surface area (Å²) in [7, 11) is 3.79. The van der Waals surface area contributed by atoms with Gasteiger partial charge in [-0.05, 0) is 61.5 Å². The van der Waals surface area contributed by atoms with Crippen LogP contribution in [0.25, 0.3) is 20.2 Å². The van der Waals surface area contributed by atoms with Gasteiger partial charge in [-0.25, -0.2) is 0 Å². The Kier molecular flexibility index (Phi) is 3.66. The number of nitrogens with zero attached hydrogens (tertiary/aromatic N) is 1. The van der Waals surface area contributed by atoms with E-state index in [0.717, 1.165) is 11.4 Å². The molecule has 2 nitrogen and oxygen atoms in total. The van der Waals surface area contributed by atoms with Crippen molar-refractivity contribution in [1.82, 2.24) is 0 Å². The zero-order valence-electron chi connectivity index (χ0n) is 14.0. The first kappa shape index (κ1) is 15.0. The summed E-state index contributed by atoms with van der Waals surface area (Å²) in [5.41, 5.74) is 3.64. The Morgan fingerprint density at radius 1 is 0.792 bits per heavy atom. The molecule has 1 heterocycles. The lowest BCUT2D eigenvalue weighted by Gasteiger charge is -2.20. The van der Waals surface area contributed by atoms with Crippen LogP contribution >= 0.6 is 11.3 Å². The molecule has 0 fully saturated rings. The second-order valence-electron chi connectivity index (χ2n) is 6.04. The van der Waals surface area contributed by atoms with Crippen molar-refractivity contribution in [3.8, 4) is 5.75 Å². The smallest absolute Gasteiger partial charge is 0.119 e. The van der Waals surface area contributed by atoms with Crippen molar-refractivity contribution in [1.29, 1.82) is 0 Å². The van der Waals surface area contributed by atoms with Crippen molar-refractivity contribution in [2.45, 2.75) is 6.92 Å². The van der Waals surface area contributed by atoms with Crippen molar-refractivity contribution in [3.63, 3.8) is 0 Å². The number of fused-ring (bicyclic) bond motifs is 3. The predicted molar refractivity (Wildman–Crippen MR) is 105 cm³/mol. The normalized spacial score (nSPS) is 11.1. The molecule has 0 amide bonds. The van der Waals surface area contributed by atoms with Crippen LogP contribution in [-0.4, -0.2) is 14.2 Å². The number of anilines is 2. The SMILES string of the molecule is COc1ccc(N(C)c2ccc3sc4ccc(C)cc4c3c2)cc1. The van der Waals surface area contributed by atoms with Gasteiger partial charge in [0.05, 0.1) is 7.11 Å². The number of rotatable bonds is 3. The van der Waals surface area contributed by atoms with Gasteiger partial charge in [0.1, 0.15) is 5.75 Å². The summed E-state index contributed by atoms with van der Waals surface area (Å²) in [5.74, 6) is 0.877. The lowest BCUT2D eigenvalue weighted by atomic mass is 10.1. The molecule has 120 valence electrons. The number of methoxy groups -OCH3 is 1. The summed E-state index contributed by atoms with van der Waals surface area (Å²) in [6, 6.07) is 21.5. The Hall–Kier alpha value is -2.52. The minimum absolute atomic E-state index is 0.877. The Morgan fingerprint density at radius 3 is 2.12 bits per heavy atom. The molecule has 3 aromatic carbocycles. The minimum Gasteiger partial charge on any atom is -0.497 e. The van der Waals surface area contributed by atoms with Gasteiger partial charge in [0, 0.05) is 38.6 Å². The summed E-state index contributed by atoms with van der Waals surface area (Å²) in [4.78, 5) is 2.21. The molecule has 0 saturated carbocycles. The van der Waals surface area contributed by atoms with E-state index < -0.39 is 0 Å². The standard InChI is InChI=1S/C21H19NOS/c1-14-4-10-20-18(12-14)19-13-16(7-11-21(19)24-20)22(2)15-5-8-17(23-3)9-6-15/h4-13H,1-3H3. The van der Waals surface area contributed by atoms with Gasteiger partial charge in [0.2, 0.25) is 0 Å². The monoisotopic (exact) mass is 333 g/mol. The van der Waals surface area contributed by atoms with E-state index in [-0.39, 0.29) is 0 Å². The van der Waals surface area contributed by atoms with Crippen molar-refractivity contribution < 1.29 is 4.74 Å². The van der Waals surface area contributed by atoms with Crippen LogP contribution < -0.4 is 9.64 Å².